The number of hydrazone groups is 1. The lowest BCUT2D eigenvalue weighted by Crippen LogP contribution is -2.52. The highest BCUT2D eigenvalue weighted by Gasteiger charge is 2.37. The Morgan fingerprint density at radius 1 is 1.38 bits per heavy atom. The van der Waals surface area contributed by atoms with Crippen LogP contribution in [0, 0.1) is 11.8 Å². The summed E-state index contributed by atoms with van der Waals surface area (Å²) in [5, 5.41) is 9.72. The maximum absolute atomic E-state index is 4.93. The summed E-state index contributed by atoms with van der Waals surface area (Å²) < 4.78 is 0. The molecule has 0 radical (unpaired) electrons. The smallest absolute Gasteiger partial charge is 0.180 e. The number of hydrogen-bond acceptors (Lipinski definition) is 6. The van der Waals surface area contributed by atoms with Crippen LogP contribution in [0.3, 0.4) is 0 Å². The van der Waals surface area contributed by atoms with Crippen LogP contribution in [-0.2, 0) is 0 Å². The summed E-state index contributed by atoms with van der Waals surface area (Å²) in [7, 11) is 1.95. The van der Waals surface area contributed by atoms with Crippen LogP contribution in [0.25, 0.3) is 0 Å². The lowest BCUT2D eigenvalue weighted by Gasteiger charge is -2.36. The quantitative estimate of drug-likeness (QED) is 0.732. The van der Waals surface area contributed by atoms with E-state index < -0.39 is 0 Å². The van der Waals surface area contributed by atoms with Crippen molar-refractivity contribution in [2.45, 2.75) is 20.1 Å². The van der Waals surface area contributed by atoms with Gasteiger partial charge in [0.1, 0.15) is 5.71 Å². The minimum Gasteiger partial charge on any atom is -0.323 e. The summed E-state index contributed by atoms with van der Waals surface area (Å²) in [6.07, 6.45) is 2.09. The Morgan fingerprint density at radius 2 is 2.14 bits per heavy atom. The van der Waals surface area contributed by atoms with Crippen molar-refractivity contribution in [2.75, 3.05) is 39.8 Å². The molecule has 3 rings (SSSR count). The van der Waals surface area contributed by atoms with E-state index in [4.69, 9.17) is 4.99 Å². The van der Waals surface area contributed by atoms with E-state index in [0.29, 0.717) is 6.54 Å². The van der Waals surface area contributed by atoms with Crippen LogP contribution < -0.4 is 5.32 Å². The van der Waals surface area contributed by atoms with Gasteiger partial charge in [-0.05, 0) is 13.8 Å². The first-order valence-electron chi connectivity index (χ1n) is 7.40. The van der Waals surface area contributed by atoms with Crippen molar-refractivity contribution in [3.8, 4) is 11.8 Å². The zero-order valence-corrected chi connectivity index (χ0v) is 12.9. The molecule has 0 saturated carbocycles. The van der Waals surface area contributed by atoms with Gasteiger partial charge < -0.3 is 10.2 Å². The summed E-state index contributed by atoms with van der Waals surface area (Å²) in [6.45, 7) is 8.65. The minimum absolute atomic E-state index is 0.0471. The molecule has 0 aliphatic carbocycles. The van der Waals surface area contributed by atoms with Crippen molar-refractivity contribution in [3.05, 3.63) is 11.9 Å². The predicted molar refractivity (Wildman–Crippen MR) is 84.8 cm³/mol. The van der Waals surface area contributed by atoms with E-state index in [9.17, 15) is 0 Å². The predicted octanol–water partition coefficient (Wildman–Crippen LogP) is 0.118. The first-order valence-corrected chi connectivity index (χ1v) is 7.40. The third-order valence-corrected chi connectivity index (χ3v) is 3.94. The zero-order valence-electron chi connectivity index (χ0n) is 12.9. The van der Waals surface area contributed by atoms with Crippen molar-refractivity contribution >= 4 is 11.4 Å². The lowest BCUT2D eigenvalue weighted by atomic mass is 10.2. The lowest BCUT2D eigenvalue weighted by molar-refractivity contribution is 0.0833. The van der Waals surface area contributed by atoms with E-state index in [-0.39, 0.29) is 6.29 Å². The van der Waals surface area contributed by atoms with Crippen molar-refractivity contribution in [2.24, 2.45) is 10.1 Å². The summed E-state index contributed by atoms with van der Waals surface area (Å²) in [5.41, 5.74) is 3.12. The fourth-order valence-electron chi connectivity index (χ4n) is 2.94. The highest BCUT2D eigenvalue weighted by molar-refractivity contribution is 6.48. The second kappa shape index (κ2) is 5.88. The number of hydrogen-bond donors (Lipinski definition) is 1. The molecule has 21 heavy (non-hydrogen) atoms. The van der Waals surface area contributed by atoms with Crippen LogP contribution >= 0.6 is 0 Å². The molecule has 0 bridgehead atoms. The van der Waals surface area contributed by atoms with Crippen molar-refractivity contribution < 1.29 is 0 Å². The van der Waals surface area contributed by atoms with Gasteiger partial charge in [-0.2, -0.15) is 5.10 Å². The molecule has 0 aromatic heterocycles. The maximum atomic E-state index is 4.93. The van der Waals surface area contributed by atoms with Crippen molar-refractivity contribution in [1.82, 2.24) is 20.1 Å². The normalized spacial score (nSPS) is 25.7. The van der Waals surface area contributed by atoms with Crippen LogP contribution in [0.2, 0.25) is 0 Å². The number of rotatable bonds is 2. The molecule has 3 heterocycles. The van der Waals surface area contributed by atoms with E-state index in [1.54, 1.807) is 0 Å². The van der Waals surface area contributed by atoms with E-state index in [1.807, 2.05) is 32.1 Å². The van der Waals surface area contributed by atoms with Gasteiger partial charge in [0.05, 0.1) is 18.0 Å². The van der Waals surface area contributed by atoms with Crippen LogP contribution in [0.15, 0.2) is 22.0 Å². The van der Waals surface area contributed by atoms with E-state index in [1.165, 1.54) is 0 Å². The molecule has 1 saturated heterocycles. The molecule has 3 aliphatic rings. The Bertz CT molecular complexity index is 558. The van der Waals surface area contributed by atoms with Crippen LogP contribution in [0.1, 0.15) is 13.8 Å². The molecule has 0 aromatic rings. The first kappa shape index (κ1) is 14.1. The van der Waals surface area contributed by atoms with Crippen LogP contribution in [0.4, 0.5) is 0 Å². The van der Waals surface area contributed by atoms with E-state index in [2.05, 4.69) is 32.1 Å². The fraction of sp³-hybridized carbons (Fsp3) is 0.600. The molecule has 1 atom stereocenters. The van der Waals surface area contributed by atoms with Gasteiger partial charge in [-0.15, -0.1) is 5.92 Å². The van der Waals surface area contributed by atoms with Crippen LogP contribution in [-0.4, -0.2) is 72.3 Å². The Kier molecular flexibility index (Phi) is 3.95. The third kappa shape index (κ3) is 2.67. The van der Waals surface area contributed by atoms with Gasteiger partial charge in [0.2, 0.25) is 0 Å². The average Bonchev–Trinajstić information content (AvgIpc) is 2.85. The fourth-order valence-corrected chi connectivity index (χ4v) is 2.94. The SMILES string of the molecule is CC#CCN1C2=CN(C)N=C(C)C2=NC1N1CCNCC1. The molecule has 6 nitrogen and oxygen atoms in total. The number of nitrogens with one attached hydrogen (secondary N) is 1. The number of aliphatic imine (C=N–C) groups is 1. The topological polar surface area (TPSA) is 46.5 Å². The Labute approximate surface area is 126 Å². The molecule has 0 aromatic carbocycles. The zero-order chi connectivity index (χ0) is 14.8. The number of nitrogens with zero attached hydrogens (tertiary/aromatic N) is 5. The monoisotopic (exact) mass is 286 g/mol. The summed E-state index contributed by atoms with van der Waals surface area (Å²) in [5.74, 6) is 6.17. The van der Waals surface area contributed by atoms with Gasteiger partial charge in [0.15, 0.2) is 6.29 Å². The molecule has 3 aliphatic heterocycles. The molecular weight excluding hydrogens is 264 g/mol. The average molecular weight is 286 g/mol. The largest absolute Gasteiger partial charge is 0.323 e. The van der Waals surface area contributed by atoms with Gasteiger partial charge in [-0.3, -0.25) is 9.91 Å². The second-order valence-electron chi connectivity index (χ2n) is 5.44. The van der Waals surface area contributed by atoms with Gasteiger partial charge in [-0.1, -0.05) is 5.92 Å². The first-order chi connectivity index (χ1) is 10.2. The minimum atomic E-state index is 0.0471. The highest BCUT2D eigenvalue weighted by Crippen LogP contribution is 2.27. The third-order valence-electron chi connectivity index (χ3n) is 3.94. The molecule has 0 spiro atoms. The van der Waals surface area contributed by atoms with Crippen LogP contribution in [0.5, 0.6) is 0 Å². The summed E-state index contributed by atoms with van der Waals surface area (Å²) in [4.78, 5) is 9.62. The molecule has 1 N–H and O–H groups in total. The number of allylic oxidation sites excluding steroid dienone is 1. The maximum Gasteiger partial charge on any atom is 0.180 e. The Morgan fingerprint density at radius 3 is 2.86 bits per heavy atom. The van der Waals surface area contributed by atoms with Gasteiger partial charge >= 0.3 is 0 Å². The standard InChI is InChI=1S/C15H22N6/c1-4-5-8-21-13-11-19(3)18-12(2)14(13)17-15(21)20-9-6-16-7-10-20/h11,15-16H,6-10H2,1-3H3. The molecular formula is C15H22N6. The van der Waals surface area contributed by atoms with E-state index >= 15 is 0 Å². The van der Waals surface area contributed by atoms with Crippen molar-refractivity contribution in [3.63, 3.8) is 0 Å². The number of fused-ring (bicyclic) bond motifs is 1. The van der Waals surface area contributed by atoms with Gasteiger partial charge in [0.25, 0.3) is 0 Å². The molecule has 6 heteroatoms. The Balaban J connectivity index is 1.91. The second-order valence-corrected chi connectivity index (χ2v) is 5.44. The molecule has 1 unspecified atom stereocenters. The van der Waals surface area contributed by atoms with Crippen molar-refractivity contribution in [1.29, 1.82) is 0 Å². The summed E-state index contributed by atoms with van der Waals surface area (Å²) >= 11 is 0. The van der Waals surface area contributed by atoms with Gasteiger partial charge in [0, 0.05) is 39.4 Å². The summed E-state index contributed by atoms with van der Waals surface area (Å²) in [6, 6.07) is 0. The number of piperazine rings is 1. The molecule has 1 fully saturated rings. The Hall–Kier alpha value is -1.84. The molecule has 0 amide bonds. The molecule has 112 valence electrons. The van der Waals surface area contributed by atoms with E-state index in [0.717, 1.165) is 43.3 Å². The van der Waals surface area contributed by atoms with Gasteiger partial charge in [-0.25, -0.2) is 4.99 Å². The highest BCUT2D eigenvalue weighted by atomic mass is 15.5.